The molecule has 0 amide bonds. The summed E-state index contributed by atoms with van der Waals surface area (Å²) in [4.78, 5) is 9.89. The van der Waals surface area contributed by atoms with Crippen LogP contribution in [0.3, 0.4) is 0 Å². The number of nitrogens with one attached hydrogen (secondary N) is 1. The lowest BCUT2D eigenvalue weighted by Crippen LogP contribution is -2.38. The second-order valence-corrected chi connectivity index (χ2v) is 5.79. The Labute approximate surface area is 118 Å². The van der Waals surface area contributed by atoms with Gasteiger partial charge in [-0.25, -0.2) is 8.42 Å². The van der Waals surface area contributed by atoms with Crippen LogP contribution in [0.4, 0.5) is 13.2 Å². The maximum absolute atomic E-state index is 12.7. The molecule has 0 aliphatic carbocycles. The zero-order chi connectivity index (χ0) is 16.4. The van der Waals surface area contributed by atoms with Gasteiger partial charge in [0.05, 0.1) is 17.6 Å². The van der Waals surface area contributed by atoms with Gasteiger partial charge in [-0.15, -0.1) is 0 Å². The smallest absolute Gasteiger partial charge is 0.416 e. The molecule has 0 unspecified atom stereocenters. The van der Waals surface area contributed by atoms with Crippen molar-refractivity contribution in [3.8, 4) is 5.75 Å². The molecule has 1 rings (SSSR count). The van der Waals surface area contributed by atoms with Crippen molar-refractivity contribution in [3.05, 3.63) is 23.8 Å². The van der Waals surface area contributed by atoms with Crippen LogP contribution in [0.25, 0.3) is 0 Å². The highest BCUT2D eigenvalue weighted by Gasteiger charge is 2.33. The number of alkyl halides is 3. The fourth-order valence-corrected chi connectivity index (χ4v) is 2.62. The number of hydrogen-bond acceptors (Lipinski definition) is 4. The number of ether oxygens (including phenoxy) is 1. The Bertz CT molecular complexity index is 642. The number of rotatable bonds is 5. The molecular weight excluding hydrogens is 315 g/mol. The summed E-state index contributed by atoms with van der Waals surface area (Å²) in [5.74, 6) is -1.77. The molecule has 0 heterocycles. The van der Waals surface area contributed by atoms with Gasteiger partial charge in [0, 0.05) is 6.07 Å². The number of sulfonamides is 1. The molecule has 0 bridgehead atoms. The first kappa shape index (κ1) is 17.2. The number of halogens is 3. The summed E-state index contributed by atoms with van der Waals surface area (Å²) in [6, 6.07) is 0.418. The first-order valence-electron chi connectivity index (χ1n) is 5.49. The van der Waals surface area contributed by atoms with E-state index in [2.05, 4.69) is 4.74 Å². The van der Waals surface area contributed by atoms with Gasteiger partial charge in [-0.3, -0.25) is 4.79 Å². The fourth-order valence-electron chi connectivity index (χ4n) is 1.36. The first-order valence-corrected chi connectivity index (χ1v) is 6.97. The van der Waals surface area contributed by atoms with Crippen molar-refractivity contribution in [1.82, 2.24) is 4.72 Å². The van der Waals surface area contributed by atoms with Crippen molar-refractivity contribution in [2.24, 2.45) is 0 Å². The molecule has 1 aromatic carbocycles. The number of benzene rings is 1. The van der Waals surface area contributed by atoms with E-state index in [1.165, 1.54) is 0 Å². The van der Waals surface area contributed by atoms with E-state index in [0.29, 0.717) is 12.1 Å². The summed E-state index contributed by atoms with van der Waals surface area (Å²) in [5, 5.41) is 8.65. The van der Waals surface area contributed by atoms with Crippen LogP contribution in [0.2, 0.25) is 0 Å². The molecular formula is C11H12F3NO5S. The molecule has 10 heteroatoms. The van der Waals surface area contributed by atoms with E-state index in [-0.39, 0.29) is 5.75 Å². The van der Waals surface area contributed by atoms with E-state index in [0.717, 1.165) is 20.1 Å². The van der Waals surface area contributed by atoms with E-state index >= 15 is 0 Å². The third-order valence-electron chi connectivity index (χ3n) is 2.46. The van der Waals surface area contributed by atoms with E-state index in [4.69, 9.17) is 5.11 Å². The molecule has 0 fully saturated rings. The summed E-state index contributed by atoms with van der Waals surface area (Å²) >= 11 is 0. The van der Waals surface area contributed by atoms with E-state index < -0.39 is 38.7 Å². The Morgan fingerprint density at radius 3 is 2.33 bits per heavy atom. The molecule has 6 nitrogen and oxygen atoms in total. The van der Waals surface area contributed by atoms with Gasteiger partial charge in [-0.2, -0.15) is 17.9 Å². The molecule has 0 saturated carbocycles. The van der Waals surface area contributed by atoms with Crippen molar-refractivity contribution in [3.63, 3.8) is 0 Å². The third-order valence-corrected chi connectivity index (χ3v) is 3.98. The van der Waals surface area contributed by atoms with Gasteiger partial charge in [-0.1, -0.05) is 0 Å². The van der Waals surface area contributed by atoms with Crippen molar-refractivity contribution < 1.29 is 36.2 Å². The monoisotopic (exact) mass is 327 g/mol. The Hall–Kier alpha value is -1.81. The van der Waals surface area contributed by atoms with Gasteiger partial charge in [0.1, 0.15) is 11.8 Å². The van der Waals surface area contributed by atoms with Gasteiger partial charge in [0.25, 0.3) is 0 Å². The quantitative estimate of drug-likeness (QED) is 0.854. The van der Waals surface area contributed by atoms with E-state index in [1.54, 1.807) is 4.72 Å². The molecule has 0 aliphatic rings. The Morgan fingerprint density at radius 1 is 1.33 bits per heavy atom. The number of carboxylic acid groups (broad SMARTS) is 1. The minimum Gasteiger partial charge on any atom is -0.497 e. The maximum Gasteiger partial charge on any atom is 0.416 e. The Kier molecular flexibility index (Phi) is 4.84. The Balaban J connectivity index is 3.32. The highest BCUT2D eigenvalue weighted by molar-refractivity contribution is 7.89. The lowest BCUT2D eigenvalue weighted by Gasteiger charge is -2.14. The molecule has 118 valence electrons. The van der Waals surface area contributed by atoms with Gasteiger partial charge < -0.3 is 9.84 Å². The summed E-state index contributed by atoms with van der Waals surface area (Å²) < 4.78 is 68.3. The van der Waals surface area contributed by atoms with Gasteiger partial charge >= 0.3 is 12.1 Å². The van der Waals surface area contributed by atoms with Crippen LogP contribution in [-0.2, 0) is 21.0 Å². The Morgan fingerprint density at radius 2 is 1.90 bits per heavy atom. The largest absolute Gasteiger partial charge is 0.497 e. The summed E-state index contributed by atoms with van der Waals surface area (Å²) in [6.07, 6.45) is -4.77. The van der Waals surface area contributed by atoms with Crippen molar-refractivity contribution in [2.45, 2.75) is 24.0 Å². The van der Waals surface area contributed by atoms with Crippen LogP contribution < -0.4 is 9.46 Å². The first-order chi connectivity index (χ1) is 9.47. The topological polar surface area (TPSA) is 92.7 Å². The highest BCUT2D eigenvalue weighted by atomic mass is 32.2. The minimum atomic E-state index is -4.77. The molecule has 0 spiro atoms. The summed E-state index contributed by atoms with van der Waals surface area (Å²) in [6.45, 7) is 1.05. The van der Waals surface area contributed by atoms with Crippen LogP contribution in [0.15, 0.2) is 23.1 Å². The van der Waals surface area contributed by atoms with Crippen LogP contribution in [0, 0.1) is 0 Å². The molecule has 0 radical (unpaired) electrons. The second-order valence-electron chi connectivity index (χ2n) is 4.08. The predicted molar refractivity (Wildman–Crippen MR) is 65.4 cm³/mol. The second kappa shape index (κ2) is 5.90. The number of methoxy groups -OCH3 is 1. The van der Waals surface area contributed by atoms with Crippen LogP contribution >= 0.6 is 0 Å². The van der Waals surface area contributed by atoms with Crippen molar-refractivity contribution in [1.29, 1.82) is 0 Å². The predicted octanol–water partition coefficient (Wildman–Crippen LogP) is 1.47. The van der Waals surface area contributed by atoms with Crippen LogP contribution in [-0.4, -0.2) is 32.6 Å². The third kappa shape index (κ3) is 4.33. The molecule has 21 heavy (non-hydrogen) atoms. The van der Waals surface area contributed by atoms with Crippen molar-refractivity contribution >= 4 is 16.0 Å². The zero-order valence-corrected chi connectivity index (χ0v) is 11.7. The SMILES string of the molecule is COc1cc(C(F)(F)F)cc(S(=O)(=O)N[C@H](C)C(=O)O)c1. The molecule has 1 aromatic rings. The fraction of sp³-hybridized carbons (Fsp3) is 0.364. The molecule has 1 atom stereocenters. The molecule has 0 aliphatic heterocycles. The average Bonchev–Trinajstić information content (AvgIpc) is 2.36. The lowest BCUT2D eigenvalue weighted by atomic mass is 10.2. The number of carbonyl (C=O) groups is 1. The molecule has 0 saturated heterocycles. The molecule has 2 N–H and O–H groups in total. The van der Waals surface area contributed by atoms with Crippen LogP contribution in [0.5, 0.6) is 5.75 Å². The number of hydrogen-bond donors (Lipinski definition) is 2. The van der Waals surface area contributed by atoms with Gasteiger partial charge in [0.15, 0.2) is 0 Å². The minimum absolute atomic E-state index is 0.312. The average molecular weight is 327 g/mol. The maximum atomic E-state index is 12.7. The van der Waals surface area contributed by atoms with E-state index in [9.17, 15) is 26.4 Å². The number of carboxylic acids is 1. The summed E-state index contributed by atoms with van der Waals surface area (Å²) in [5.41, 5.74) is -1.22. The summed E-state index contributed by atoms with van der Waals surface area (Å²) in [7, 11) is -3.35. The van der Waals surface area contributed by atoms with Gasteiger partial charge in [0.2, 0.25) is 10.0 Å². The lowest BCUT2D eigenvalue weighted by molar-refractivity contribution is -0.139. The standard InChI is InChI=1S/C11H12F3NO5S/c1-6(10(16)17)15-21(18,19)9-4-7(11(12,13)14)3-8(5-9)20-2/h3-6,15H,1-2H3,(H,16,17)/t6-/m1/s1. The van der Waals surface area contributed by atoms with Crippen LogP contribution in [0.1, 0.15) is 12.5 Å². The van der Waals surface area contributed by atoms with Gasteiger partial charge in [-0.05, 0) is 19.1 Å². The van der Waals surface area contributed by atoms with Crippen molar-refractivity contribution in [2.75, 3.05) is 7.11 Å². The highest BCUT2D eigenvalue weighted by Crippen LogP contribution is 2.33. The van der Waals surface area contributed by atoms with E-state index in [1.807, 2.05) is 0 Å². The molecule has 0 aromatic heterocycles. The zero-order valence-electron chi connectivity index (χ0n) is 10.9. The normalized spacial score (nSPS) is 13.8. The number of aliphatic carboxylic acids is 1.